The van der Waals surface area contributed by atoms with Gasteiger partial charge >= 0.3 is 6.18 Å². The topological polar surface area (TPSA) is 17.8 Å². The second kappa shape index (κ2) is 4.03. The highest BCUT2D eigenvalue weighted by atomic mass is 19.4. The first kappa shape index (κ1) is 12.5. The first-order valence-corrected chi connectivity index (χ1v) is 6.00. The highest BCUT2D eigenvalue weighted by Crippen LogP contribution is 2.40. The molecule has 0 aromatic carbocycles. The molecule has 1 unspecified atom stereocenters. The Morgan fingerprint density at radius 3 is 2.53 bits per heavy atom. The van der Waals surface area contributed by atoms with Gasteiger partial charge in [-0.1, -0.05) is 6.92 Å². The van der Waals surface area contributed by atoms with E-state index in [1.165, 1.54) is 0 Å². The lowest BCUT2D eigenvalue weighted by molar-refractivity contribution is -0.142. The lowest BCUT2D eigenvalue weighted by Crippen LogP contribution is -2.14. The van der Waals surface area contributed by atoms with Crippen molar-refractivity contribution in [1.29, 1.82) is 0 Å². The molecule has 0 saturated carbocycles. The smallest absolute Gasteiger partial charge is 0.266 e. The van der Waals surface area contributed by atoms with Gasteiger partial charge in [0.05, 0.1) is 0 Å². The van der Waals surface area contributed by atoms with Crippen LogP contribution in [0.1, 0.15) is 62.5 Å². The van der Waals surface area contributed by atoms with Gasteiger partial charge in [0.1, 0.15) is 0 Å². The molecular weight excluding hydrogens is 229 g/mol. The van der Waals surface area contributed by atoms with Crippen LogP contribution in [0.5, 0.6) is 0 Å². The number of alkyl halides is 3. The van der Waals surface area contributed by atoms with Crippen LogP contribution in [0.4, 0.5) is 13.2 Å². The molecule has 2 nitrogen and oxygen atoms in total. The molecule has 0 amide bonds. The van der Waals surface area contributed by atoms with E-state index < -0.39 is 11.9 Å². The van der Waals surface area contributed by atoms with E-state index in [9.17, 15) is 13.2 Å². The van der Waals surface area contributed by atoms with E-state index in [-0.39, 0.29) is 12.0 Å². The quantitative estimate of drug-likeness (QED) is 0.734. The average Bonchev–Trinajstić information content (AvgIpc) is 2.57. The highest BCUT2D eigenvalue weighted by molar-refractivity contribution is 5.33. The molecular formula is C12H17F3N2. The highest BCUT2D eigenvalue weighted by Gasteiger charge is 2.40. The fourth-order valence-corrected chi connectivity index (χ4v) is 2.59. The van der Waals surface area contributed by atoms with Crippen LogP contribution in [-0.4, -0.2) is 9.78 Å². The third-order valence-electron chi connectivity index (χ3n) is 3.34. The Labute approximate surface area is 98.8 Å². The van der Waals surface area contributed by atoms with Gasteiger partial charge in [0.2, 0.25) is 0 Å². The Morgan fingerprint density at radius 2 is 2.00 bits per heavy atom. The molecule has 1 aliphatic carbocycles. The number of fused-ring (bicyclic) bond motifs is 1. The molecule has 0 aliphatic heterocycles. The molecule has 0 N–H and O–H groups in total. The molecule has 5 heteroatoms. The minimum atomic E-state index is -4.33. The second-order valence-corrected chi connectivity index (χ2v) is 5.04. The Balaban J connectivity index is 2.61. The SMILES string of the molecule is CC1CCCc2c(C(F)(F)F)nn(C(C)C)c21. The number of hydrogen-bond donors (Lipinski definition) is 0. The van der Waals surface area contributed by atoms with E-state index in [4.69, 9.17) is 0 Å². The van der Waals surface area contributed by atoms with Gasteiger partial charge in [-0.25, -0.2) is 0 Å². The molecule has 0 radical (unpaired) electrons. The van der Waals surface area contributed by atoms with Gasteiger partial charge < -0.3 is 0 Å². The predicted molar refractivity (Wildman–Crippen MR) is 59.0 cm³/mol. The van der Waals surface area contributed by atoms with Crippen LogP contribution in [0.15, 0.2) is 0 Å². The van der Waals surface area contributed by atoms with Gasteiger partial charge in [-0.2, -0.15) is 18.3 Å². The Bertz CT molecular complexity index is 418. The lowest BCUT2D eigenvalue weighted by atomic mass is 9.87. The number of aromatic nitrogens is 2. The minimum Gasteiger partial charge on any atom is -0.266 e. The van der Waals surface area contributed by atoms with E-state index in [1.54, 1.807) is 4.68 Å². The van der Waals surface area contributed by atoms with Crippen molar-refractivity contribution in [3.8, 4) is 0 Å². The van der Waals surface area contributed by atoms with Gasteiger partial charge in [0.25, 0.3) is 0 Å². The largest absolute Gasteiger partial charge is 0.435 e. The molecule has 2 rings (SSSR count). The van der Waals surface area contributed by atoms with Crippen molar-refractivity contribution < 1.29 is 13.2 Å². The van der Waals surface area contributed by atoms with Crippen LogP contribution < -0.4 is 0 Å². The maximum Gasteiger partial charge on any atom is 0.435 e. The van der Waals surface area contributed by atoms with Crippen molar-refractivity contribution in [1.82, 2.24) is 9.78 Å². The summed E-state index contributed by atoms with van der Waals surface area (Å²) in [7, 11) is 0. The maximum absolute atomic E-state index is 12.9. The molecule has 1 aliphatic rings. The predicted octanol–water partition coefficient (Wildman–Crippen LogP) is 3.92. The van der Waals surface area contributed by atoms with Gasteiger partial charge in [0, 0.05) is 17.3 Å². The zero-order valence-corrected chi connectivity index (χ0v) is 10.3. The summed E-state index contributed by atoms with van der Waals surface area (Å²) < 4.78 is 40.3. The summed E-state index contributed by atoms with van der Waals surface area (Å²) in [6.45, 7) is 5.72. The summed E-state index contributed by atoms with van der Waals surface area (Å²) in [6, 6.07) is -0.0274. The summed E-state index contributed by atoms with van der Waals surface area (Å²) in [5, 5.41) is 3.80. The second-order valence-electron chi connectivity index (χ2n) is 5.04. The van der Waals surface area contributed by atoms with Crippen molar-refractivity contribution >= 4 is 0 Å². The molecule has 1 aromatic heterocycles. The summed E-state index contributed by atoms with van der Waals surface area (Å²) >= 11 is 0. The molecule has 0 bridgehead atoms. The van der Waals surface area contributed by atoms with Crippen LogP contribution in [0.3, 0.4) is 0 Å². The molecule has 0 spiro atoms. The van der Waals surface area contributed by atoms with Crippen molar-refractivity contribution in [2.24, 2.45) is 0 Å². The van der Waals surface area contributed by atoms with Gasteiger partial charge in [-0.3, -0.25) is 4.68 Å². The molecule has 0 saturated heterocycles. The molecule has 1 atom stereocenters. The Morgan fingerprint density at radius 1 is 1.35 bits per heavy atom. The molecule has 17 heavy (non-hydrogen) atoms. The van der Waals surface area contributed by atoms with E-state index in [1.807, 2.05) is 20.8 Å². The first-order chi connectivity index (χ1) is 7.82. The fourth-order valence-electron chi connectivity index (χ4n) is 2.59. The van der Waals surface area contributed by atoms with E-state index in [0.29, 0.717) is 12.0 Å². The van der Waals surface area contributed by atoms with Crippen molar-refractivity contribution in [2.75, 3.05) is 0 Å². The summed E-state index contributed by atoms with van der Waals surface area (Å²) in [5.41, 5.74) is 0.538. The number of hydrogen-bond acceptors (Lipinski definition) is 1. The number of nitrogens with zero attached hydrogens (tertiary/aromatic N) is 2. The van der Waals surface area contributed by atoms with Crippen LogP contribution in [0.25, 0.3) is 0 Å². The monoisotopic (exact) mass is 246 g/mol. The van der Waals surface area contributed by atoms with E-state index >= 15 is 0 Å². The van der Waals surface area contributed by atoms with Crippen LogP contribution in [-0.2, 0) is 12.6 Å². The summed E-state index contributed by atoms with van der Waals surface area (Å²) in [6.07, 6.45) is -2.06. The number of halogens is 3. The van der Waals surface area contributed by atoms with E-state index in [0.717, 1.165) is 18.5 Å². The van der Waals surface area contributed by atoms with E-state index in [2.05, 4.69) is 5.10 Å². The first-order valence-electron chi connectivity index (χ1n) is 6.00. The normalized spacial score (nSPS) is 20.8. The maximum atomic E-state index is 12.9. The average molecular weight is 246 g/mol. The Kier molecular flexibility index (Phi) is 2.96. The minimum absolute atomic E-state index is 0.0274. The van der Waals surface area contributed by atoms with Crippen LogP contribution in [0, 0.1) is 0 Å². The standard InChI is InChI=1S/C12H17F3N2/c1-7(2)17-10-8(3)5-4-6-9(10)11(16-17)12(13,14)15/h7-8H,4-6H2,1-3H3. The third kappa shape index (κ3) is 2.07. The summed E-state index contributed by atoms with van der Waals surface area (Å²) in [4.78, 5) is 0. The number of rotatable bonds is 1. The molecule has 96 valence electrons. The molecule has 1 aromatic rings. The van der Waals surface area contributed by atoms with Crippen LogP contribution >= 0.6 is 0 Å². The fraction of sp³-hybridized carbons (Fsp3) is 0.750. The van der Waals surface area contributed by atoms with Gasteiger partial charge in [-0.15, -0.1) is 0 Å². The van der Waals surface area contributed by atoms with Crippen molar-refractivity contribution in [3.05, 3.63) is 17.0 Å². The zero-order valence-electron chi connectivity index (χ0n) is 10.3. The molecule has 0 fully saturated rings. The zero-order chi connectivity index (χ0) is 12.8. The van der Waals surface area contributed by atoms with Gasteiger partial charge in [-0.05, 0) is 39.0 Å². The van der Waals surface area contributed by atoms with Crippen molar-refractivity contribution in [3.63, 3.8) is 0 Å². The third-order valence-corrected chi connectivity index (χ3v) is 3.34. The van der Waals surface area contributed by atoms with Crippen molar-refractivity contribution in [2.45, 2.75) is 58.2 Å². The molecule has 1 heterocycles. The Hall–Kier alpha value is -1.00. The lowest BCUT2D eigenvalue weighted by Gasteiger charge is -2.22. The van der Waals surface area contributed by atoms with Crippen LogP contribution in [0.2, 0.25) is 0 Å². The van der Waals surface area contributed by atoms with Gasteiger partial charge in [0.15, 0.2) is 5.69 Å². The summed E-state index contributed by atoms with van der Waals surface area (Å²) in [5.74, 6) is 0.171.